The van der Waals surface area contributed by atoms with Gasteiger partial charge in [0, 0.05) is 28.2 Å². The Morgan fingerprint density at radius 2 is 2.15 bits per heavy atom. The highest BCUT2D eigenvalue weighted by atomic mass is 79.9. The number of nitrogens with zero attached hydrogens (tertiary/aromatic N) is 3. The van der Waals surface area contributed by atoms with Gasteiger partial charge in [-0.1, -0.05) is 18.2 Å². The van der Waals surface area contributed by atoms with E-state index >= 15 is 0 Å². The van der Waals surface area contributed by atoms with Crippen LogP contribution in [-0.4, -0.2) is 14.8 Å². The SMILES string of the molecule is CCn1cc(C(N)c2nc3ccccc3cc2Br)cn1. The second-order valence-corrected chi connectivity index (χ2v) is 5.51. The maximum absolute atomic E-state index is 6.33. The standard InChI is InChI=1S/C15H15BrN4/c1-2-20-9-11(8-18-20)14(17)15-12(16)7-10-5-3-4-6-13(10)19-15/h3-9,14H,2,17H2,1H3. The van der Waals surface area contributed by atoms with Crippen LogP contribution in [0.25, 0.3) is 10.9 Å². The predicted octanol–water partition coefficient (Wildman–Crippen LogP) is 3.26. The average Bonchev–Trinajstić information content (AvgIpc) is 2.94. The van der Waals surface area contributed by atoms with E-state index in [0.717, 1.165) is 33.2 Å². The van der Waals surface area contributed by atoms with Gasteiger partial charge in [-0.25, -0.2) is 4.98 Å². The van der Waals surface area contributed by atoms with Crippen molar-refractivity contribution in [3.63, 3.8) is 0 Å². The number of rotatable bonds is 3. The minimum atomic E-state index is -0.283. The van der Waals surface area contributed by atoms with Crippen LogP contribution in [0.1, 0.15) is 24.2 Å². The molecule has 5 heteroatoms. The van der Waals surface area contributed by atoms with Gasteiger partial charge in [-0.2, -0.15) is 5.10 Å². The number of benzene rings is 1. The van der Waals surface area contributed by atoms with Crippen LogP contribution in [0.3, 0.4) is 0 Å². The molecular weight excluding hydrogens is 316 g/mol. The van der Waals surface area contributed by atoms with Crippen molar-refractivity contribution < 1.29 is 0 Å². The van der Waals surface area contributed by atoms with E-state index in [1.165, 1.54) is 0 Å². The first-order chi connectivity index (χ1) is 9.69. The van der Waals surface area contributed by atoms with Crippen LogP contribution in [0, 0.1) is 0 Å². The Morgan fingerprint density at radius 3 is 2.90 bits per heavy atom. The van der Waals surface area contributed by atoms with Gasteiger partial charge >= 0.3 is 0 Å². The first-order valence-corrected chi connectivity index (χ1v) is 7.31. The summed E-state index contributed by atoms with van der Waals surface area (Å²) in [6.07, 6.45) is 3.77. The number of aromatic nitrogens is 3. The molecule has 2 N–H and O–H groups in total. The van der Waals surface area contributed by atoms with E-state index < -0.39 is 0 Å². The zero-order valence-corrected chi connectivity index (χ0v) is 12.7. The summed E-state index contributed by atoms with van der Waals surface area (Å²) < 4.78 is 2.79. The Morgan fingerprint density at radius 1 is 1.35 bits per heavy atom. The van der Waals surface area contributed by atoms with Crippen molar-refractivity contribution in [3.8, 4) is 0 Å². The number of halogens is 1. The van der Waals surface area contributed by atoms with Gasteiger partial charge in [0.15, 0.2) is 0 Å². The van der Waals surface area contributed by atoms with Crippen LogP contribution in [0.4, 0.5) is 0 Å². The molecule has 0 bridgehead atoms. The Labute approximate surface area is 125 Å². The van der Waals surface area contributed by atoms with E-state index in [1.54, 1.807) is 6.20 Å². The van der Waals surface area contributed by atoms with E-state index in [-0.39, 0.29) is 6.04 Å². The topological polar surface area (TPSA) is 56.7 Å². The lowest BCUT2D eigenvalue weighted by Crippen LogP contribution is -2.14. The zero-order valence-electron chi connectivity index (χ0n) is 11.1. The summed E-state index contributed by atoms with van der Waals surface area (Å²) in [6, 6.07) is 9.79. The quantitative estimate of drug-likeness (QED) is 0.801. The van der Waals surface area contributed by atoms with Crippen LogP contribution in [0.2, 0.25) is 0 Å². The summed E-state index contributed by atoms with van der Waals surface area (Å²) in [5.41, 5.74) is 9.08. The van der Waals surface area contributed by atoms with E-state index in [0.29, 0.717) is 0 Å². The Bertz CT molecular complexity index is 750. The van der Waals surface area contributed by atoms with Crippen molar-refractivity contribution in [3.05, 3.63) is 58.5 Å². The molecule has 0 aliphatic heterocycles. The maximum atomic E-state index is 6.33. The second kappa shape index (κ2) is 5.34. The summed E-state index contributed by atoms with van der Waals surface area (Å²) in [5.74, 6) is 0. The molecule has 4 nitrogen and oxygen atoms in total. The molecule has 2 aromatic heterocycles. The van der Waals surface area contributed by atoms with Gasteiger partial charge in [-0.3, -0.25) is 4.68 Å². The molecule has 0 saturated carbocycles. The number of aryl methyl sites for hydroxylation is 1. The average molecular weight is 331 g/mol. The Balaban J connectivity index is 2.06. The van der Waals surface area contributed by atoms with Crippen molar-refractivity contribution in [2.24, 2.45) is 5.73 Å². The normalized spacial score (nSPS) is 12.8. The van der Waals surface area contributed by atoms with Gasteiger partial charge in [0.05, 0.1) is 23.4 Å². The molecule has 102 valence electrons. The molecule has 0 aliphatic rings. The summed E-state index contributed by atoms with van der Waals surface area (Å²) >= 11 is 3.57. The largest absolute Gasteiger partial charge is 0.319 e. The van der Waals surface area contributed by atoms with Crippen LogP contribution < -0.4 is 5.73 Å². The van der Waals surface area contributed by atoms with Crippen LogP contribution in [0.5, 0.6) is 0 Å². The van der Waals surface area contributed by atoms with E-state index in [9.17, 15) is 0 Å². The highest BCUT2D eigenvalue weighted by Crippen LogP contribution is 2.28. The summed E-state index contributed by atoms with van der Waals surface area (Å²) in [5, 5.41) is 5.36. The number of para-hydroxylation sites is 1. The van der Waals surface area contributed by atoms with Crippen molar-refractivity contribution in [1.82, 2.24) is 14.8 Å². The minimum absolute atomic E-state index is 0.283. The Kier molecular flexibility index (Phi) is 3.54. The Hall–Kier alpha value is -1.72. The smallest absolute Gasteiger partial charge is 0.0769 e. The van der Waals surface area contributed by atoms with Crippen molar-refractivity contribution in [1.29, 1.82) is 0 Å². The van der Waals surface area contributed by atoms with Crippen LogP contribution in [-0.2, 0) is 6.54 Å². The monoisotopic (exact) mass is 330 g/mol. The predicted molar refractivity (Wildman–Crippen MR) is 83.4 cm³/mol. The van der Waals surface area contributed by atoms with Gasteiger partial charge in [-0.05, 0) is 35.0 Å². The lowest BCUT2D eigenvalue weighted by Gasteiger charge is -2.12. The molecule has 2 heterocycles. The van der Waals surface area contributed by atoms with Gasteiger partial charge in [0.2, 0.25) is 0 Å². The lowest BCUT2D eigenvalue weighted by molar-refractivity contribution is 0.658. The molecular formula is C15H15BrN4. The van der Waals surface area contributed by atoms with Crippen molar-refractivity contribution >= 4 is 26.8 Å². The maximum Gasteiger partial charge on any atom is 0.0769 e. The number of hydrogen-bond donors (Lipinski definition) is 1. The molecule has 0 radical (unpaired) electrons. The van der Waals surface area contributed by atoms with Gasteiger partial charge in [-0.15, -0.1) is 0 Å². The minimum Gasteiger partial charge on any atom is -0.319 e. The molecule has 1 aromatic carbocycles. The molecule has 1 atom stereocenters. The first-order valence-electron chi connectivity index (χ1n) is 6.52. The van der Waals surface area contributed by atoms with Crippen LogP contribution >= 0.6 is 15.9 Å². The molecule has 0 aliphatic carbocycles. The van der Waals surface area contributed by atoms with E-state index in [1.807, 2.05) is 42.1 Å². The second-order valence-electron chi connectivity index (χ2n) is 4.66. The molecule has 3 aromatic rings. The fourth-order valence-electron chi connectivity index (χ4n) is 2.19. The zero-order chi connectivity index (χ0) is 14.1. The van der Waals surface area contributed by atoms with Crippen molar-refractivity contribution in [2.75, 3.05) is 0 Å². The number of fused-ring (bicyclic) bond motifs is 1. The summed E-state index contributed by atoms with van der Waals surface area (Å²) in [4.78, 5) is 4.68. The van der Waals surface area contributed by atoms with Gasteiger partial charge in [0.1, 0.15) is 0 Å². The van der Waals surface area contributed by atoms with Gasteiger partial charge < -0.3 is 5.73 Å². The fraction of sp³-hybridized carbons (Fsp3) is 0.200. The molecule has 0 fully saturated rings. The molecule has 0 amide bonds. The third-order valence-electron chi connectivity index (χ3n) is 3.34. The first kappa shape index (κ1) is 13.3. The molecule has 3 rings (SSSR count). The van der Waals surface area contributed by atoms with E-state index in [2.05, 4.69) is 32.1 Å². The van der Waals surface area contributed by atoms with Gasteiger partial charge in [0.25, 0.3) is 0 Å². The third-order valence-corrected chi connectivity index (χ3v) is 3.97. The number of nitrogens with two attached hydrogens (primary N) is 1. The summed E-state index contributed by atoms with van der Waals surface area (Å²) in [6.45, 7) is 2.88. The molecule has 1 unspecified atom stereocenters. The van der Waals surface area contributed by atoms with Crippen molar-refractivity contribution in [2.45, 2.75) is 19.5 Å². The summed E-state index contributed by atoms with van der Waals surface area (Å²) in [7, 11) is 0. The third kappa shape index (κ3) is 2.34. The van der Waals surface area contributed by atoms with Crippen LogP contribution in [0.15, 0.2) is 47.2 Å². The lowest BCUT2D eigenvalue weighted by atomic mass is 10.1. The molecule has 20 heavy (non-hydrogen) atoms. The van der Waals surface area contributed by atoms with E-state index in [4.69, 9.17) is 5.73 Å². The highest BCUT2D eigenvalue weighted by molar-refractivity contribution is 9.10. The number of pyridine rings is 1. The molecule has 0 spiro atoms. The fourth-order valence-corrected chi connectivity index (χ4v) is 2.78. The highest BCUT2D eigenvalue weighted by Gasteiger charge is 2.16. The number of hydrogen-bond acceptors (Lipinski definition) is 3. The molecule has 0 saturated heterocycles.